The third kappa shape index (κ3) is 2.86. The van der Waals surface area contributed by atoms with Crippen LogP contribution in [0.3, 0.4) is 0 Å². The summed E-state index contributed by atoms with van der Waals surface area (Å²) in [7, 11) is 2.94. The van der Waals surface area contributed by atoms with Gasteiger partial charge in [0.2, 0.25) is 5.78 Å². The molecule has 0 spiro atoms. The number of ether oxygens (including phenoxy) is 2. The van der Waals surface area contributed by atoms with Crippen molar-refractivity contribution in [2.75, 3.05) is 25.8 Å². The van der Waals surface area contributed by atoms with Gasteiger partial charge in [0.15, 0.2) is 5.78 Å². The van der Waals surface area contributed by atoms with Crippen molar-refractivity contribution in [3.8, 4) is 5.75 Å². The van der Waals surface area contributed by atoms with Gasteiger partial charge in [-0.2, -0.15) is 0 Å². The number of nitrogens with zero attached hydrogens (tertiary/aromatic N) is 1. The second-order valence-corrected chi connectivity index (χ2v) is 5.81. The van der Waals surface area contributed by atoms with Crippen LogP contribution in [0.1, 0.15) is 35.2 Å². The van der Waals surface area contributed by atoms with Crippen LogP contribution in [-0.2, 0) is 25.6 Å². The summed E-state index contributed by atoms with van der Waals surface area (Å²) in [5, 5.41) is 1.45. The van der Waals surface area contributed by atoms with Crippen molar-refractivity contribution in [3.63, 3.8) is 0 Å². The average Bonchev–Trinajstić information content (AvgIpc) is 3.03. The minimum absolute atomic E-state index is 0.103. The van der Waals surface area contributed by atoms with E-state index >= 15 is 0 Å². The van der Waals surface area contributed by atoms with E-state index in [-0.39, 0.29) is 11.4 Å². The lowest BCUT2D eigenvalue weighted by atomic mass is 9.89. The number of hydrogen-bond acceptors (Lipinski definition) is 7. The molecule has 2 aliphatic rings. The molecule has 0 saturated carbocycles. The van der Waals surface area contributed by atoms with Crippen molar-refractivity contribution in [2.24, 2.45) is 0 Å². The number of ketones is 2. The van der Waals surface area contributed by atoms with Crippen LogP contribution in [0.4, 0.5) is 5.69 Å². The Kier molecular flexibility index (Phi) is 4.74. The Hall–Kier alpha value is -2.83. The first kappa shape index (κ1) is 17.0. The smallest absolute Gasteiger partial charge is 0.320 e. The van der Waals surface area contributed by atoms with Gasteiger partial charge in [-0.1, -0.05) is 0 Å². The van der Waals surface area contributed by atoms with E-state index in [1.807, 2.05) is 0 Å². The zero-order chi connectivity index (χ0) is 18.0. The normalized spacial score (nSPS) is 16.6. The molecular weight excluding hydrogens is 326 g/mol. The van der Waals surface area contributed by atoms with Gasteiger partial charge in [-0.25, -0.2) is 5.06 Å². The number of fused-ring (bicyclic) bond motifs is 1. The van der Waals surface area contributed by atoms with E-state index in [9.17, 15) is 14.4 Å². The zero-order valence-electron chi connectivity index (χ0n) is 14.2. The topological polar surface area (TPSA) is 82.1 Å². The standard InChI is InChI=1S/C18H19NO6/c1-23-15-5-3-4-14(21)16(15)17(22)12-6-7-13-11(18(12)24-2)8-9-19(13)25-10-20/h6-7,10H,3-5,8-9H2,1-2H3. The Morgan fingerprint density at radius 2 is 1.96 bits per heavy atom. The molecule has 1 heterocycles. The maximum atomic E-state index is 13.0. The molecule has 0 saturated heterocycles. The number of methoxy groups -OCH3 is 2. The predicted octanol–water partition coefficient (Wildman–Crippen LogP) is 1.98. The van der Waals surface area contributed by atoms with Crippen LogP contribution in [-0.4, -0.2) is 38.8 Å². The highest BCUT2D eigenvalue weighted by molar-refractivity contribution is 6.27. The first-order valence-electron chi connectivity index (χ1n) is 8.05. The van der Waals surface area contributed by atoms with E-state index in [4.69, 9.17) is 14.3 Å². The van der Waals surface area contributed by atoms with Crippen LogP contribution in [0.2, 0.25) is 0 Å². The Balaban J connectivity index is 2.06. The highest BCUT2D eigenvalue weighted by Crippen LogP contribution is 2.39. The quantitative estimate of drug-likeness (QED) is 0.443. The van der Waals surface area contributed by atoms with Crippen LogP contribution < -0.4 is 9.80 Å². The fourth-order valence-electron chi connectivity index (χ4n) is 3.41. The van der Waals surface area contributed by atoms with Crippen molar-refractivity contribution in [1.29, 1.82) is 0 Å². The van der Waals surface area contributed by atoms with Gasteiger partial charge < -0.3 is 14.3 Å². The highest BCUT2D eigenvalue weighted by atomic mass is 16.7. The first-order valence-corrected chi connectivity index (χ1v) is 8.05. The summed E-state index contributed by atoms with van der Waals surface area (Å²) >= 11 is 0. The summed E-state index contributed by atoms with van der Waals surface area (Å²) in [6.07, 6.45) is 2.15. The van der Waals surface area contributed by atoms with E-state index in [0.29, 0.717) is 61.5 Å². The Labute approximate surface area is 145 Å². The Morgan fingerprint density at radius 3 is 2.64 bits per heavy atom. The summed E-state index contributed by atoms with van der Waals surface area (Å²) in [5.41, 5.74) is 1.87. The minimum atomic E-state index is -0.393. The molecule has 0 unspecified atom stereocenters. The van der Waals surface area contributed by atoms with Crippen molar-refractivity contribution in [1.82, 2.24) is 0 Å². The fourth-order valence-corrected chi connectivity index (χ4v) is 3.41. The van der Waals surface area contributed by atoms with E-state index < -0.39 is 5.78 Å². The van der Waals surface area contributed by atoms with Gasteiger partial charge in [0.25, 0.3) is 0 Å². The van der Waals surface area contributed by atoms with E-state index in [0.717, 1.165) is 5.56 Å². The molecule has 1 aromatic rings. The van der Waals surface area contributed by atoms with Gasteiger partial charge >= 0.3 is 6.47 Å². The molecule has 132 valence electrons. The zero-order valence-corrected chi connectivity index (χ0v) is 14.2. The number of carbonyl (C=O) groups excluding carboxylic acids is 3. The number of benzene rings is 1. The SMILES string of the molecule is COC1=C(C(=O)c2ccc3c(c2OC)CCN3OC=O)C(=O)CCC1. The fraction of sp³-hybridized carbons (Fsp3) is 0.389. The van der Waals surface area contributed by atoms with E-state index in [1.54, 1.807) is 12.1 Å². The molecule has 0 bridgehead atoms. The summed E-state index contributed by atoms with van der Waals surface area (Å²) in [5.74, 6) is 0.230. The van der Waals surface area contributed by atoms with Crippen molar-refractivity contribution in [2.45, 2.75) is 25.7 Å². The van der Waals surface area contributed by atoms with E-state index in [2.05, 4.69) is 0 Å². The maximum absolute atomic E-state index is 13.0. The van der Waals surface area contributed by atoms with Crippen LogP contribution in [0.5, 0.6) is 5.75 Å². The second-order valence-electron chi connectivity index (χ2n) is 5.81. The number of carbonyl (C=O) groups is 3. The molecule has 1 aliphatic heterocycles. The third-order valence-corrected chi connectivity index (χ3v) is 4.53. The number of anilines is 1. The Morgan fingerprint density at radius 1 is 1.16 bits per heavy atom. The van der Waals surface area contributed by atoms with Gasteiger partial charge in [0.05, 0.1) is 32.0 Å². The van der Waals surface area contributed by atoms with Gasteiger partial charge in [-0.3, -0.25) is 14.4 Å². The number of hydroxylamine groups is 1. The van der Waals surface area contributed by atoms with Gasteiger partial charge in [0.1, 0.15) is 17.1 Å². The molecule has 3 rings (SSSR count). The predicted molar refractivity (Wildman–Crippen MR) is 88.4 cm³/mol. The molecule has 0 fully saturated rings. The van der Waals surface area contributed by atoms with Crippen LogP contribution in [0.25, 0.3) is 0 Å². The molecule has 0 N–H and O–H groups in total. The molecule has 0 atom stereocenters. The largest absolute Gasteiger partial charge is 0.500 e. The number of rotatable bonds is 6. The third-order valence-electron chi connectivity index (χ3n) is 4.53. The summed E-state index contributed by atoms with van der Waals surface area (Å²) in [6, 6.07) is 3.29. The average molecular weight is 345 g/mol. The van der Waals surface area contributed by atoms with Crippen molar-refractivity contribution < 1.29 is 28.7 Å². The van der Waals surface area contributed by atoms with Crippen LogP contribution in [0.15, 0.2) is 23.5 Å². The van der Waals surface area contributed by atoms with Gasteiger partial charge in [0, 0.05) is 18.4 Å². The number of Topliss-reactive ketones (excluding diaryl/α,β-unsaturated/α-hetero) is 2. The lowest BCUT2D eigenvalue weighted by molar-refractivity contribution is -0.129. The lowest BCUT2D eigenvalue weighted by Crippen LogP contribution is -2.21. The summed E-state index contributed by atoms with van der Waals surface area (Å²) in [6.45, 7) is 0.837. The van der Waals surface area contributed by atoms with Crippen molar-refractivity contribution in [3.05, 3.63) is 34.6 Å². The number of allylic oxidation sites excluding steroid dienone is 2. The highest BCUT2D eigenvalue weighted by Gasteiger charge is 2.33. The molecule has 7 nitrogen and oxygen atoms in total. The summed E-state index contributed by atoms with van der Waals surface area (Å²) < 4.78 is 10.7. The maximum Gasteiger partial charge on any atom is 0.320 e. The number of hydrogen-bond donors (Lipinski definition) is 0. The Bertz CT molecular complexity index is 767. The monoisotopic (exact) mass is 345 g/mol. The molecule has 1 aliphatic carbocycles. The minimum Gasteiger partial charge on any atom is -0.500 e. The molecule has 0 amide bonds. The van der Waals surface area contributed by atoms with E-state index in [1.165, 1.54) is 19.3 Å². The molecule has 7 heteroatoms. The lowest BCUT2D eigenvalue weighted by Gasteiger charge is -2.20. The molecule has 0 radical (unpaired) electrons. The van der Waals surface area contributed by atoms with Crippen LogP contribution in [0, 0.1) is 0 Å². The molecule has 0 aromatic heterocycles. The molecular formula is C18H19NO6. The second kappa shape index (κ2) is 6.96. The van der Waals surface area contributed by atoms with Gasteiger partial charge in [-0.05, 0) is 25.0 Å². The molecule has 25 heavy (non-hydrogen) atoms. The van der Waals surface area contributed by atoms with Gasteiger partial charge in [-0.15, -0.1) is 0 Å². The van der Waals surface area contributed by atoms with Crippen LogP contribution >= 0.6 is 0 Å². The first-order chi connectivity index (χ1) is 12.1. The van der Waals surface area contributed by atoms with Crippen molar-refractivity contribution >= 4 is 23.7 Å². The molecule has 1 aromatic carbocycles. The summed E-state index contributed by atoms with van der Waals surface area (Å²) in [4.78, 5) is 40.8.